The predicted octanol–water partition coefficient (Wildman–Crippen LogP) is 1.99. The second-order valence-corrected chi connectivity index (χ2v) is 4.77. The van der Waals surface area contributed by atoms with Crippen molar-refractivity contribution in [2.45, 2.75) is 25.9 Å². The maximum Gasteiger partial charge on any atom is 0.346 e. The van der Waals surface area contributed by atoms with Gasteiger partial charge in [-0.15, -0.1) is 11.3 Å². The Hall–Kier alpha value is -1.07. The van der Waals surface area contributed by atoms with Crippen LogP contribution in [-0.2, 0) is 0 Å². The van der Waals surface area contributed by atoms with E-state index >= 15 is 0 Å². The molecule has 0 spiro atoms. The minimum Gasteiger partial charge on any atom is -0.493 e. The Labute approximate surface area is 92.1 Å². The van der Waals surface area contributed by atoms with Crippen molar-refractivity contribution >= 4 is 17.3 Å². The molecule has 2 N–H and O–H groups in total. The van der Waals surface area contributed by atoms with E-state index in [1.54, 1.807) is 19.2 Å². The first-order chi connectivity index (χ1) is 6.88. The van der Waals surface area contributed by atoms with Crippen LogP contribution < -0.4 is 4.74 Å². The molecule has 0 aliphatic rings. The van der Waals surface area contributed by atoms with Gasteiger partial charge in [0.1, 0.15) is 10.6 Å². The van der Waals surface area contributed by atoms with Gasteiger partial charge in [0.25, 0.3) is 0 Å². The van der Waals surface area contributed by atoms with E-state index in [1.165, 1.54) is 6.07 Å². The van der Waals surface area contributed by atoms with Crippen LogP contribution in [0.25, 0.3) is 0 Å². The first-order valence-corrected chi connectivity index (χ1v) is 5.43. The zero-order chi connectivity index (χ0) is 11.5. The molecule has 0 aliphatic heterocycles. The van der Waals surface area contributed by atoms with Gasteiger partial charge < -0.3 is 14.9 Å². The second kappa shape index (κ2) is 4.63. The third kappa shape index (κ3) is 4.31. The van der Waals surface area contributed by atoms with Crippen LogP contribution in [0.2, 0.25) is 0 Å². The summed E-state index contributed by atoms with van der Waals surface area (Å²) in [6, 6.07) is 1.48. The number of carboxylic acid groups (broad SMARTS) is 1. The molecule has 0 radical (unpaired) electrons. The molecule has 1 aromatic rings. The standard InChI is InChI=1S/C10H14O4S/c1-10(2,13)3-4-14-7-5-8(9(11)12)15-6-7/h5-6,13H,3-4H2,1-2H3,(H,11,12). The van der Waals surface area contributed by atoms with Gasteiger partial charge in [0, 0.05) is 17.9 Å². The first kappa shape index (κ1) is 12.0. The summed E-state index contributed by atoms with van der Waals surface area (Å²) < 4.78 is 5.30. The van der Waals surface area contributed by atoms with Crippen LogP contribution in [0.3, 0.4) is 0 Å². The minimum absolute atomic E-state index is 0.258. The molecule has 0 aliphatic carbocycles. The number of aromatic carboxylic acids is 1. The summed E-state index contributed by atoms with van der Waals surface area (Å²) in [4.78, 5) is 10.8. The molecule has 0 atom stereocenters. The Morgan fingerprint density at radius 2 is 2.27 bits per heavy atom. The number of thiophene rings is 1. The van der Waals surface area contributed by atoms with Crippen molar-refractivity contribution in [2.75, 3.05) is 6.61 Å². The molecular formula is C10H14O4S. The summed E-state index contributed by atoms with van der Waals surface area (Å²) in [6.07, 6.45) is 0.505. The zero-order valence-corrected chi connectivity index (χ0v) is 9.50. The molecule has 0 saturated carbocycles. The maximum atomic E-state index is 10.6. The highest BCUT2D eigenvalue weighted by Crippen LogP contribution is 2.22. The summed E-state index contributed by atoms with van der Waals surface area (Å²) in [5.74, 6) is -0.404. The summed E-state index contributed by atoms with van der Waals surface area (Å²) >= 11 is 1.13. The monoisotopic (exact) mass is 230 g/mol. The Morgan fingerprint density at radius 1 is 1.60 bits per heavy atom. The van der Waals surface area contributed by atoms with Gasteiger partial charge in [-0.3, -0.25) is 0 Å². The van der Waals surface area contributed by atoms with Gasteiger partial charge in [-0.05, 0) is 13.8 Å². The number of rotatable bonds is 5. The van der Waals surface area contributed by atoms with Gasteiger partial charge in [-0.1, -0.05) is 0 Å². The third-order valence-corrected chi connectivity index (χ3v) is 2.67. The van der Waals surface area contributed by atoms with Gasteiger partial charge >= 0.3 is 5.97 Å². The maximum absolute atomic E-state index is 10.6. The van der Waals surface area contributed by atoms with E-state index in [4.69, 9.17) is 9.84 Å². The third-order valence-electron chi connectivity index (χ3n) is 1.77. The summed E-state index contributed by atoms with van der Waals surface area (Å²) in [5, 5.41) is 19.7. The molecule has 4 nitrogen and oxygen atoms in total. The molecule has 0 bridgehead atoms. The Morgan fingerprint density at radius 3 is 2.73 bits per heavy atom. The number of aliphatic hydroxyl groups is 1. The van der Waals surface area contributed by atoms with Crippen molar-refractivity contribution in [3.8, 4) is 5.75 Å². The van der Waals surface area contributed by atoms with Gasteiger partial charge in [0.2, 0.25) is 0 Å². The van der Waals surface area contributed by atoms with E-state index < -0.39 is 11.6 Å². The van der Waals surface area contributed by atoms with Crippen LogP contribution in [0.15, 0.2) is 11.4 Å². The summed E-state index contributed by atoms with van der Waals surface area (Å²) in [5.41, 5.74) is -0.758. The number of carboxylic acids is 1. The smallest absolute Gasteiger partial charge is 0.346 e. The van der Waals surface area contributed by atoms with Crippen molar-refractivity contribution in [1.29, 1.82) is 0 Å². The lowest BCUT2D eigenvalue weighted by Crippen LogP contribution is -2.21. The molecule has 1 aromatic heterocycles. The topological polar surface area (TPSA) is 66.8 Å². The largest absolute Gasteiger partial charge is 0.493 e. The van der Waals surface area contributed by atoms with Crippen LogP contribution in [0.4, 0.5) is 0 Å². The van der Waals surface area contributed by atoms with Gasteiger partial charge in [-0.25, -0.2) is 4.79 Å². The van der Waals surface area contributed by atoms with Gasteiger partial charge in [0.15, 0.2) is 0 Å². The second-order valence-electron chi connectivity index (χ2n) is 3.86. The Balaban J connectivity index is 2.41. The lowest BCUT2D eigenvalue weighted by Gasteiger charge is -2.16. The quantitative estimate of drug-likeness (QED) is 0.811. The van der Waals surface area contributed by atoms with Crippen LogP contribution in [0.5, 0.6) is 5.75 Å². The molecule has 0 fully saturated rings. The minimum atomic E-state index is -0.947. The molecule has 0 amide bonds. The molecule has 84 valence electrons. The predicted molar refractivity (Wildman–Crippen MR) is 57.7 cm³/mol. The van der Waals surface area contributed by atoms with E-state index in [0.29, 0.717) is 18.8 Å². The van der Waals surface area contributed by atoms with E-state index in [1.807, 2.05) is 0 Å². The number of hydrogen-bond donors (Lipinski definition) is 2. The van der Waals surface area contributed by atoms with Gasteiger partial charge in [0.05, 0.1) is 12.2 Å². The molecule has 0 unspecified atom stereocenters. The molecular weight excluding hydrogens is 216 g/mol. The van der Waals surface area contributed by atoms with E-state index in [9.17, 15) is 9.90 Å². The zero-order valence-electron chi connectivity index (χ0n) is 8.69. The molecule has 0 saturated heterocycles. The summed E-state index contributed by atoms with van der Waals surface area (Å²) in [6.45, 7) is 3.78. The molecule has 15 heavy (non-hydrogen) atoms. The Bertz CT molecular complexity index is 337. The van der Waals surface area contributed by atoms with Crippen molar-refractivity contribution in [2.24, 2.45) is 0 Å². The average molecular weight is 230 g/mol. The number of ether oxygens (including phenoxy) is 1. The van der Waals surface area contributed by atoms with Crippen LogP contribution >= 0.6 is 11.3 Å². The highest BCUT2D eigenvalue weighted by atomic mass is 32.1. The molecule has 1 rings (SSSR count). The van der Waals surface area contributed by atoms with E-state index in [2.05, 4.69) is 0 Å². The highest BCUT2D eigenvalue weighted by molar-refractivity contribution is 7.12. The molecule has 0 aromatic carbocycles. The lowest BCUT2D eigenvalue weighted by atomic mass is 10.1. The average Bonchev–Trinajstić information content (AvgIpc) is 2.50. The van der Waals surface area contributed by atoms with Crippen molar-refractivity contribution < 1.29 is 19.7 Å². The van der Waals surface area contributed by atoms with Crippen LogP contribution in [0.1, 0.15) is 29.9 Å². The normalized spacial score (nSPS) is 11.4. The fraction of sp³-hybridized carbons (Fsp3) is 0.500. The Kier molecular flexibility index (Phi) is 3.71. The van der Waals surface area contributed by atoms with E-state index in [0.717, 1.165) is 11.3 Å². The molecule has 1 heterocycles. The first-order valence-electron chi connectivity index (χ1n) is 4.55. The number of hydrogen-bond acceptors (Lipinski definition) is 4. The van der Waals surface area contributed by atoms with Crippen molar-refractivity contribution in [1.82, 2.24) is 0 Å². The summed E-state index contributed by atoms with van der Waals surface area (Å²) in [7, 11) is 0. The fourth-order valence-corrected chi connectivity index (χ4v) is 1.59. The highest BCUT2D eigenvalue weighted by Gasteiger charge is 2.13. The van der Waals surface area contributed by atoms with Crippen molar-refractivity contribution in [3.63, 3.8) is 0 Å². The SMILES string of the molecule is CC(C)(O)CCOc1csc(C(=O)O)c1. The molecule has 5 heteroatoms. The number of carbonyl (C=O) groups is 1. The fourth-order valence-electron chi connectivity index (χ4n) is 0.925. The van der Waals surface area contributed by atoms with Crippen molar-refractivity contribution in [3.05, 3.63) is 16.3 Å². The lowest BCUT2D eigenvalue weighted by molar-refractivity contribution is 0.0552. The van der Waals surface area contributed by atoms with Gasteiger partial charge in [-0.2, -0.15) is 0 Å². The van der Waals surface area contributed by atoms with E-state index in [-0.39, 0.29) is 4.88 Å². The van der Waals surface area contributed by atoms with Crippen LogP contribution in [0, 0.1) is 0 Å². The van der Waals surface area contributed by atoms with Crippen LogP contribution in [-0.4, -0.2) is 28.4 Å².